The molecule has 0 spiro atoms. The molecule has 3 nitrogen and oxygen atoms in total. The average Bonchev–Trinajstić information content (AvgIpc) is 2.62. The minimum Gasteiger partial charge on any atom is -0.361 e. The van der Waals surface area contributed by atoms with Gasteiger partial charge in [-0.25, -0.2) is 0 Å². The van der Waals surface area contributed by atoms with E-state index in [1.807, 2.05) is 6.92 Å². The van der Waals surface area contributed by atoms with Crippen LogP contribution in [0, 0.1) is 30.6 Å². The van der Waals surface area contributed by atoms with Gasteiger partial charge in [-0.2, -0.15) is 0 Å². The lowest BCUT2D eigenvalue weighted by Crippen LogP contribution is -2.63. The first-order valence-electron chi connectivity index (χ1n) is 8.47. The molecule has 4 fully saturated rings. The van der Waals surface area contributed by atoms with Crippen LogP contribution in [-0.4, -0.2) is 10.7 Å². The van der Waals surface area contributed by atoms with Crippen LogP contribution in [0.1, 0.15) is 69.4 Å². The van der Waals surface area contributed by atoms with Crippen molar-refractivity contribution in [2.24, 2.45) is 16.7 Å². The van der Waals surface area contributed by atoms with Gasteiger partial charge in [-0.05, 0) is 69.1 Å². The fourth-order valence-corrected chi connectivity index (χ4v) is 6.67. The number of aromatic nitrogens is 1. The summed E-state index contributed by atoms with van der Waals surface area (Å²) in [6.07, 6.45) is 8.44. The number of aryl methyl sites for hydroxylation is 2. The molecule has 0 radical (unpaired) electrons. The Balaban J connectivity index is 1.57. The van der Waals surface area contributed by atoms with Gasteiger partial charge in [0.05, 0.1) is 5.69 Å². The number of nitrogens with one attached hydrogen (secondary N) is 1. The average molecular weight is 288 g/mol. The second-order valence-corrected chi connectivity index (χ2v) is 9.07. The summed E-state index contributed by atoms with van der Waals surface area (Å²) in [6.45, 7) is 10.1. The van der Waals surface area contributed by atoms with Crippen LogP contribution in [0.4, 0.5) is 0 Å². The van der Waals surface area contributed by atoms with Crippen molar-refractivity contribution in [3.63, 3.8) is 0 Å². The highest BCUT2D eigenvalue weighted by Gasteiger charge is 2.59. The van der Waals surface area contributed by atoms with Crippen LogP contribution in [0.2, 0.25) is 0 Å². The van der Waals surface area contributed by atoms with Gasteiger partial charge in [0.2, 0.25) is 0 Å². The van der Waals surface area contributed by atoms with E-state index < -0.39 is 0 Å². The fourth-order valence-electron chi connectivity index (χ4n) is 6.67. The molecule has 3 heteroatoms. The van der Waals surface area contributed by atoms with Crippen LogP contribution in [0.5, 0.6) is 0 Å². The maximum Gasteiger partial charge on any atom is 0.138 e. The fraction of sp³-hybridized carbons (Fsp3) is 0.833. The normalized spacial score (nSPS) is 44.5. The zero-order valence-electron chi connectivity index (χ0n) is 13.9. The topological polar surface area (TPSA) is 38.1 Å². The molecule has 1 aromatic rings. The quantitative estimate of drug-likeness (QED) is 0.908. The second kappa shape index (κ2) is 4.13. The van der Waals surface area contributed by atoms with Gasteiger partial charge in [0, 0.05) is 17.6 Å². The largest absolute Gasteiger partial charge is 0.361 e. The highest BCUT2D eigenvalue weighted by atomic mass is 16.5. The summed E-state index contributed by atoms with van der Waals surface area (Å²) in [4.78, 5) is 0. The van der Waals surface area contributed by atoms with Gasteiger partial charge in [0.1, 0.15) is 5.76 Å². The van der Waals surface area contributed by atoms with Crippen molar-refractivity contribution >= 4 is 0 Å². The van der Waals surface area contributed by atoms with Gasteiger partial charge in [0.15, 0.2) is 0 Å². The van der Waals surface area contributed by atoms with E-state index in [1.165, 1.54) is 44.1 Å². The summed E-state index contributed by atoms with van der Waals surface area (Å²) < 4.78 is 5.32. The maximum atomic E-state index is 5.32. The van der Waals surface area contributed by atoms with Crippen molar-refractivity contribution in [2.75, 3.05) is 0 Å². The maximum absolute atomic E-state index is 5.32. The minimum atomic E-state index is 0.360. The van der Waals surface area contributed by atoms with Crippen molar-refractivity contribution < 1.29 is 4.52 Å². The molecule has 1 N–H and O–H groups in total. The predicted molar refractivity (Wildman–Crippen MR) is 83.0 cm³/mol. The molecule has 1 heterocycles. The first-order valence-corrected chi connectivity index (χ1v) is 8.47. The third-order valence-corrected chi connectivity index (χ3v) is 6.45. The number of rotatable bonds is 3. The Morgan fingerprint density at radius 1 is 1.10 bits per heavy atom. The van der Waals surface area contributed by atoms with E-state index in [1.54, 1.807) is 0 Å². The zero-order valence-corrected chi connectivity index (χ0v) is 13.9. The van der Waals surface area contributed by atoms with Crippen LogP contribution >= 0.6 is 0 Å². The van der Waals surface area contributed by atoms with Crippen LogP contribution in [0.3, 0.4) is 0 Å². The molecule has 2 atom stereocenters. The molecule has 4 bridgehead atoms. The van der Waals surface area contributed by atoms with Crippen molar-refractivity contribution in [2.45, 2.75) is 78.3 Å². The summed E-state index contributed by atoms with van der Waals surface area (Å²) in [5, 5.41) is 8.06. The molecule has 21 heavy (non-hydrogen) atoms. The Hall–Kier alpha value is -0.830. The molecule has 0 saturated heterocycles. The van der Waals surface area contributed by atoms with Crippen LogP contribution < -0.4 is 5.32 Å². The van der Waals surface area contributed by atoms with E-state index >= 15 is 0 Å². The Labute approximate surface area is 127 Å². The predicted octanol–water partition coefficient (Wildman–Crippen LogP) is 4.13. The minimum absolute atomic E-state index is 0.360. The van der Waals surface area contributed by atoms with Crippen molar-refractivity contribution in [1.82, 2.24) is 10.5 Å². The van der Waals surface area contributed by atoms with Crippen molar-refractivity contribution in [1.29, 1.82) is 0 Å². The smallest absolute Gasteiger partial charge is 0.138 e. The molecule has 5 rings (SSSR count). The molecular weight excluding hydrogens is 260 g/mol. The Morgan fingerprint density at radius 2 is 1.76 bits per heavy atom. The number of hydrogen-bond acceptors (Lipinski definition) is 3. The van der Waals surface area contributed by atoms with E-state index in [4.69, 9.17) is 4.52 Å². The number of nitrogens with zero attached hydrogens (tertiary/aromatic N) is 1. The first kappa shape index (κ1) is 13.8. The van der Waals surface area contributed by atoms with E-state index in [2.05, 4.69) is 31.2 Å². The lowest BCUT2D eigenvalue weighted by Gasteiger charge is -2.65. The van der Waals surface area contributed by atoms with Gasteiger partial charge >= 0.3 is 0 Å². The Morgan fingerprint density at radius 3 is 2.29 bits per heavy atom. The van der Waals surface area contributed by atoms with Gasteiger partial charge in [-0.15, -0.1) is 0 Å². The molecule has 1 aromatic heterocycles. The molecule has 0 aromatic carbocycles. The van der Waals surface area contributed by atoms with Crippen LogP contribution in [-0.2, 0) is 6.54 Å². The monoisotopic (exact) mass is 288 g/mol. The lowest BCUT2D eigenvalue weighted by molar-refractivity contribution is -0.118. The molecular formula is C18H28N2O. The summed E-state index contributed by atoms with van der Waals surface area (Å²) in [7, 11) is 0. The van der Waals surface area contributed by atoms with E-state index in [0.717, 1.165) is 23.9 Å². The van der Waals surface area contributed by atoms with Gasteiger partial charge in [-0.1, -0.05) is 19.0 Å². The molecule has 4 aliphatic carbocycles. The van der Waals surface area contributed by atoms with E-state index in [9.17, 15) is 0 Å². The zero-order chi connectivity index (χ0) is 14.9. The molecule has 4 saturated carbocycles. The van der Waals surface area contributed by atoms with Crippen LogP contribution in [0.25, 0.3) is 0 Å². The highest BCUT2D eigenvalue weighted by Crippen LogP contribution is 2.66. The number of hydrogen-bond donors (Lipinski definition) is 1. The molecule has 2 unspecified atom stereocenters. The molecule has 116 valence electrons. The summed E-state index contributed by atoms with van der Waals surface area (Å²) >= 11 is 0. The van der Waals surface area contributed by atoms with Gasteiger partial charge in [-0.3, -0.25) is 0 Å². The molecule has 0 amide bonds. The van der Waals surface area contributed by atoms with Crippen molar-refractivity contribution in [3.05, 3.63) is 17.0 Å². The SMILES string of the molecule is Cc1noc(C)c1CNC12CC3CC(C)(CC(C)(C3)C1)C2. The highest BCUT2D eigenvalue weighted by molar-refractivity contribution is 5.22. The molecule has 0 aliphatic heterocycles. The second-order valence-electron chi connectivity index (χ2n) is 9.07. The van der Waals surface area contributed by atoms with E-state index in [0.29, 0.717) is 16.4 Å². The Kier molecular flexibility index (Phi) is 2.71. The van der Waals surface area contributed by atoms with Gasteiger partial charge in [0.25, 0.3) is 0 Å². The third kappa shape index (κ3) is 2.16. The van der Waals surface area contributed by atoms with Crippen LogP contribution in [0.15, 0.2) is 4.52 Å². The summed E-state index contributed by atoms with van der Waals surface area (Å²) in [5.41, 5.74) is 3.81. The first-order chi connectivity index (χ1) is 9.81. The molecule has 4 aliphatic rings. The lowest BCUT2D eigenvalue weighted by atomic mass is 9.43. The summed E-state index contributed by atoms with van der Waals surface area (Å²) in [5.74, 6) is 1.91. The summed E-state index contributed by atoms with van der Waals surface area (Å²) in [6, 6.07) is 0. The Bertz CT molecular complexity index is 538. The standard InChI is InChI=1S/C18H28N2O/c1-12-15(13(2)21-20-12)8-19-18-7-14-5-16(3,10-18)9-17(4,6-14)11-18/h14,19H,5-11H2,1-4H3. The van der Waals surface area contributed by atoms with E-state index in [-0.39, 0.29) is 0 Å². The third-order valence-electron chi connectivity index (χ3n) is 6.45. The van der Waals surface area contributed by atoms with Gasteiger partial charge < -0.3 is 9.84 Å². The van der Waals surface area contributed by atoms with Crippen molar-refractivity contribution in [3.8, 4) is 0 Å².